The Morgan fingerprint density at radius 2 is 1.18 bits per heavy atom. The zero-order valence-corrected chi connectivity index (χ0v) is 17.4. The zero-order chi connectivity index (χ0) is 23.0. The summed E-state index contributed by atoms with van der Waals surface area (Å²) in [6, 6.07) is 28.9. The molecule has 0 aliphatic carbocycles. The number of nitrogens with zero attached hydrogens (tertiary/aromatic N) is 2. The number of benzene rings is 4. The zero-order valence-electron chi connectivity index (χ0n) is 17.4. The highest BCUT2D eigenvalue weighted by Gasteiger charge is 2.15. The second-order valence-corrected chi connectivity index (χ2v) is 7.09. The fourth-order valence-electron chi connectivity index (χ4n) is 3.17. The first-order valence-corrected chi connectivity index (χ1v) is 10.1. The molecule has 0 bridgehead atoms. The maximum atomic E-state index is 11.7. The summed E-state index contributed by atoms with van der Waals surface area (Å²) >= 11 is 0. The molecule has 4 rings (SSSR count). The summed E-state index contributed by atoms with van der Waals surface area (Å²) in [4.78, 5) is 14.7. The van der Waals surface area contributed by atoms with Crippen molar-refractivity contribution < 1.29 is 4.92 Å². The van der Waals surface area contributed by atoms with Crippen molar-refractivity contribution in [2.45, 2.75) is 0 Å². The van der Waals surface area contributed by atoms with Crippen LogP contribution in [-0.2, 0) is 0 Å². The predicted octanol–water partition coefficient (Wildman–Crippen LogP) is 6.61. The lowest BCUT2D eigenvalue weighted by Gasteiger charge is -2.04. The van der Waals surface area contributed by atoms with E-state index in [1.54, 1.807) is 36.4 Å². The van der Waals surface area contributed by atoms with Gasteiger partial charge in [-0.05, 0) is 42.0 Å². The van der Waals surface area contributed by atoms with E-state index in [0.29, 0.717) is 16.8 Å². The van der Waals surface area contributed by atoms with Gasteiger partial charge in [-0.1, -0.05) is 78.3 Å². The third-order valence-corrected chi connectivity index (χ3v) is 4.86. The second-order valence-electron chi connectivity index (χ2n) is 7.09. The molecule has 0 fully saturated rings. The van der Waals surface area contributed by atoms with E-state index in [1.807, 2.05) is 54.6 Å². The van der Waals surface area contributed by atoms with Crippen LogP contribution in [0.2, 0.25) is 0 Å². The van der Waals surface area contributed by atoms with E-state index in [9.17, 15) is 10.1 Å². The van der Waals surface area contributed by atoms with Gasteiger partial charge in [0.25, 0.3) is 5.69 Å². The van der Waals surface area contributed by atoms with Gasteiger partial charge in [0, 0.05) is 28.3 Å². The maximum absolute atomic E-state index is 11.7. The number of nitro groups is 1. The van der Waals surface area contributed by atoms with Gasteiger partial charge in [-0.25, -0.2) is 4.85 Å². The molecule has 4 aromatic carbocycles. The second kappa shape index (κ2) is 9.80. The molecule has 0 saturated heterocycles. The number of nitro benzene ring substituents is 1. The van der Waals surface area contributed by atoms with Crippen LogP contribution in [0.4, 0.5) is 11.4 Å². The summed E-state index contributed by atoms with van der Waals surface area (Å²) in [5.41, 5.74) is 4.88. The normalized spacial score (nSPS) is 9.55. The predicted molar refractivity (Wildman–Crippen MR) is 130 cm³/mol. The summed E-state index contributed by atoms with van der Waals surface area (Å²) in [5.74, 6) is 12.2. The van der Waals surface area contributed by atoms with Crippen LogP contribution < -0.4 is 0 Å². The highest BCUT2D eigenvalue weighted by atomic mass is 16.6. The minimum atomic E-state index is -0.385. The van der Waals surface area contributed by atoms with Gasteiger partial charge < -0.3 is 0 Å². The van der Waals surface area contributed by atoms with E-state index in [-0.39, 0.29) is 10.6 Å². The first kappa shape index (κ1) is 21.1. The fourth-order valence-corrected chi connectivity index (χ4v) is 3.17. The summed E-state index contributed by atoms with van der Waals surface area (Å²) in [6.07, 6.45) is 0. The molecule has 4 heteroatoms. The van der Waals surface area contributed by atoms with Crippen molar-refractivity contribution in [2.24, 2.45) is 0 Å². The molecule has 0 aromatic heterocycles. The molecular formula is C29H16N2O2. The van der Waals surface area contributed by atoms with Gasteiger partial charge in [-0.2, -0.15) is 0 Å². The molecule has 0 aliphatic heterocycles. The van der Waals surface area contributed by atoms with Crippen LogP contribution in [0, 0.1) is 40.4 Å². The van der Waals surface area contributed by atoms with Gasteiger partial charge in [-0.15, -0.1) is 0 Å². The number of hydrogen-bond donors (Lipinski definition) is 0. The number of hydrogen-bond acceptors (Lipinski definition) is 2. The number of rotatable bonds is 2. The first-order chi connectivity index (χ1) is 16.1. The Kier molecular flexibility index (Phi) is 6.28. The van der Waals surface area contributed by atoms with Crippen LogP contribution >= 0.6 is 0 Å². The van der Waals surface area contributed by atoms with Gasteiger partial charge in [0.15, 0.2) is 5.69 Å². The fraction of sp³-hybridized carbons (Fsp3) is 0. The molecule has 0 N–H and O–H groups in total. The van der Waals surface area contributed by atoms with Gasteiger partial charge in [0.2, 0.25) is 0 Å². The molecule has 4 nitrogen and oxygen atoms in total. The third kappa shape index (κ3) is 5.33. The lowest BCUT2D eigenvalue weighted by Crippen LogP contribution is -1.93. The molecule has 0 atom stereocenters. The molecule has 33 heavy (non-hydrogen) atoms. The Labute approximate surface area is 192 Å². The molecule has 0 radical (unpaired) electrons. The van der Waals surface area contributed by atoms with Gasteiger partial charge in [0.05, 0.1) is 17.1 Å². The maximum Gasteiger partial charge on any atom is 0.278 e. The first-order valence-electron chi connectivity index (χ1n) is 10.1. The average Bonchev–Trinajstić information content (AvgIpc) is 2.87. The van der Waals surface area contributed by atoms with E-state index in [4.69, 9.17) is 6.57 Å². The largest absolute Gasteiger partial charge is 0.278 e. The van der Waals surface area contributed by atoms with Gasteiger partial charge in [-0.3, -0.25) is 10.1 Å². The topological polar surface area (TPSA) is 47.5 Å². The molecule has 0 heterocycles. The van der Waals surface area contributed by atoms with E-state index < -0.39 is 0 Å². The Morgan fingerprint density at radius 1 is 0.667 bits per heavy atom. The van der Waals surface area contributed by atoms with Crippen molar-refractivity contribution in [3.8, 4) is 34.8 Å². The Morgan fingerprint density at radius 3 is 1.76 bits per heavy atom. The molecule has 0 unspecified atom stereocenters. The van der Waals surface area contributed by atoms with Crippen molar-refractivity contribution in [1.82, 2.24) is 0 Å². The van der Waals surface area contributed by atoms with Crippen LogP contribution in [0.3, 0.4) is 0 Å². The minimum Gasteiger partial charge on any atom is -0.258 e. The molecule has 0 spiro atoms. The van der Waals surface area contributed by atoms with Crippen LogP contribution in [0.25, 0.3) is 16.0 Å². The molecule has 0 saturated carbocycles. The third-order valence-electron chi connectivity index (χ3n) is 4.86. The quantitative estimate of drug-likeness (QED) is 0.157. The highest BCUT2D eigenvalue weighted by Crippen LogP contribution is 2.30. The van der Waals surface area contributed by atoms with E-state index >= 15 is 0 Å². The van der Waals surface area contributed by atoms with Crippen molar-refractivity contribution in [3.63, 3.8) is 0 Å². The summed E-state index contributed by atoms with van der Waals surface area (Å²) < 4.78 is 0. The summed E-state index contributed by atoms with van der Waals surface area (Å²) in [7, 11) is 0. The van der Waals surface area contributed by atoms with Crippen LogP contribution in [0.15, 0.2) is 97.1 Å². The average molecular weight is 424 g/mol. The molecule has 154 valence electrons. The monoisotopic (exact) mass is 424 g/mol. The summed E-state index contributed by atoms with van der Waals surface area (Å²) in [6.45, 7) is 6.99. The smallest absolute Gasteiger partial charge is 0.258 e. The Hall–Kier alpha value is -5.11. The Bertz CT molecular complexity index is 1470. The molecule has 0 aliphatic rings. The van der Waals surface area contributed by atoms with E-state index in [2.05, 4.69) is 28.5 Å². The highest BCUT2D eigenvalue weighted by molar-refractivity contribution is 5.75. The van der Waals surface area contributed by atoms with Crippen LogP contribution in [-0.4, -0.2) is 4.92 Å². The van der Waals surface area contributed by atoms with Crippen molar-refractivity contribution in [3.05, 3.63) is 141 Å². The van der Waals surface area contributed by atoms with Crippen molar-refractivity contribution in [2.75, 3.05) is 0 Å². The lowest BCUT2D eigenvalue weighted by atomic mass is 10.00. The molecule has 0 amide bonds. The Balaban J connectivity index is 1.58. The van der Waals surface area contributed by atoms with Crippen LogP contribution in [0.1, 0.15) is 22.3 Å². The van der Waals surface area contributed by atoms with Crippen molar-refractivity contribution >= 4 is 11.4 Å². The van der Waals surface area contributed by atoms with E-state index in [1.165, 1.54) is 6.07 Å². The van der Waals surface area contributed by atoms with Crippen LogP contribution in [0.5, 0.6) is 0 Å². The SMILES string of the molecule is [C-]#[N+]c1ccc(C#Cc2ccc(-c3ccc(C#Cc4ccccc4)cc3[N+](=O)[O-])cc2)cc1. The molecular weight excluding hydrogens is 408 g/mol. The van der Waals surface area contributed by atoms with Crippen molar-refractivity contribution in [1.29, 1.82) is 0 Å². The van der Waals surface area contributed by atoms with Gasteiger partial charge in [0.1, 0.15) is 0 Å². The van der Waals surface area contributed by atoms with Gasteiger partial charge >= 0.3 is 0 Å². The standard InChI is InChI=1S/C29H16N2O2/c1-30-27-18-13-24(14-19-27)8-7-23-11-16-26(17-12-23)28-20-15-25(21-29(28)31(32)33)10-9-22-5-3-2-4-6-22/h2-6,11-21H. The van der Waals surface area contributed by atoms with E-state index in [0.717, 1.165) is 22.3 Å². The lowest BCUT2D eigenvalue weighted by molar-refractivity contribution is -0.384. The molecule has 4 aromatic rings. The minimum absolute atomic E-state index is 0.00796. The summed E-state index contributed by atoms with van der Waals surface area (Å²) in [5, 5.41) is 11.7.